The first-order chi connectivity index (χ1) is 8.22. The Hall–Kier alpha value is -2.14. The van der Waals surface area contributed by atoms with Gasteiger partial charge in [-0.1, -0.05) is 30.3 Å². The Morgan fingerprint density at radius 1 is 1.35 bits per heavy atom. The van der Waals surface area contributed by atoms with E-state index in [2.05, 4.69) is 5.10 Å². The molecule has 0 atom stereocenters. The highest BCUT2D eigenvalue weighted by Crippen LogP contribution is 2.18. The Kier molecular flexibility index (Phi) is 3.20. The third kappa shape index (κ3) is 2.34. The smallest absolute Gasteiger partial charge is 0.266 e. The number of nitrogens with zero attached hydrogens (tertiary/aromatic N) is 2. The first kappa shape index (κ1) is 11.3. The molecule has 5 nitrogen and oxygen atoms in total. The van der Waals surface area contributed by atoms with Crippen molar-refractivity contribution in [3.63, 3.8) is 0 Å². The molecule has 0 spiro atoms. The fourth-order valence-electron chi connectivity index (χ4n) is 1.63. The second kappa shape index (κ2) is 4.80. The van der Waals surface area contributed by atoms with Gasteiger partial charge in [-0.3, -0.25) is 9.48 Å². The zero-order valence-corrected chi connectivity index (χ0v) is 9.21. The summed E-state index contributed by atoms with van der Waals surface area (Å²) in [5.41, 5.74) is 7.14. The number of aliphatic hydroxyl groups is 1. The number of hydrogen-bond acceptors (Lipinski definition) is 3. The van der Waals surface area contributed by atoms with Crippen molar-refractivity contribution < 1.29 is 9.90 Å². The maximum atomic E-state index is 11.2. The topological polar surface area (TPSA) is 81.1 Å². The number of primary amides is 1. The Morgan fingerprint density at radius 2 is 2.06 bits per heavy atom. The average Bonchev–Trinajstić information content (AvgIpc) is 2.75. The monoisotopic (exact) mass is 231 g/mol. The van der Waals surface area contributed by atoms with Gasteiger partial charge in [-0.2, -0.15) is 5.10 Å². The van der Waals surface area contributed by atoms with Crippen LogP contribution in [0.2, 0.25) is 0 Å². The van der Waals surface area contributed by atoms with Gasteiger partial charge in [0.05, 0.1) is 18.8 Å². The summed E-state index contributed by atoms with van der Waals surface area (Å²) < 4.78 is 1.42. The van der Waals surface area contributed by atoms with Crippen LogP contribution in [0.15, 0.2) is 36.4 Å². The van der Waals surface area contributed by atoms with E-state index in [9.17, 15) is 4.79 Å². The van der Waals surface area contributed by atoms with Crippen LogP contribution in [-0.4, -0.2) is 27.4 Å². The molecule has 0 radical (unpaired) electrons. The number of benzene rings is 1. The third-order valence-electron chi connectivity index (χ3n) is 2.41. The van der Waals surface area contributed by atoms with E-state index in [0.717, 1.165) is 5.56 Å². The summed E-state index contributed by atoms with van der Waals surface area (Å²) in [7, 11) is 0. The maximum Gasteiger partial charge on any atom is 0.266 e. The predicted octanol–water partition coefficient (Wildman–Crippen LogP) is 0.641. The molecule has 17 heavy (non-hydrogen) atoms. The second-order valence-electron chi connectivity index (χ2n) is 3.59. The van der Waals surface area contributed by atoms with E-state index in [4.69, 9.17) is 10.8 Å². The summed E-state index contributed by atoms with van der Waals surface area (Å²) in [5, 5.41) is 13.1. The first-order valence-electron chi connectivity index (χ1n) is 5.26. The van der Waals surface area contributed by atoms with Gasteiger partial charge in [0, 0.05) is 5.56 Å². The molecule has 0 bridgehead atoms. The number of carbonyl (C=O) groups is 1. The summed E-state index contributed by atoms with van der Waals surface area (Å²) in [6.07, 6.45) is 0. The SMILES string of the molecule is NC(=O)c1cc(-c2ccccc2)nn1CCO. The van der Waals surface area contributed by atoms with Crippen molar-refractivity contribution in [1.82, 2.24) is 9.78 Å². The number of aliphatic hydroxyl groups excluding tert-OH is 1. The highest BCUT2D eigenvalue weighted by molar-refractivity contribution is 5.92. The number of aromatic nitrogens is 2. The van der Waals surface area contributed by atoms with Crippen molar-refractivity contribution in [3.05, 3.63) is 42.1 Å². The van der Waals surface area contributed by atoms with Gasteiger partial charge in [-0.05, 0) is 6.07 Å². The summed E-state index contributed by atoms with van der Waals surface area (Å²) in [4.78, 5) is 11.2. The molecule has 1 amide bonds. The van der Waals surface area contributed by atoms with Crippen LogP contribution in [0.1, 0.15) is 10.5 Å². The van der Waals surface area contributed by atoms with E-state index in [1.165, 1.54) is 4.68 Å². The lowest BCUT2D eigenvalue weighted by Crippen LogP contribution is -2.18. The van der Waals surface area contributed by atoms with Gasteiger partial charge in [-0.15, -0.1) is 0 Å². The molecular formula is C12H13N3O2. The van der Waals surface area contributed by atoms with Crippen molar-refractivity contribution in [3.8, 4) is 11.3 Å². The zero-order chi connectivity index (χ0) is 12.3. The predicted molar refractivity (Wildman–Crippen MR) is 63.3 cm³/mol. The van der Waals surface area contributed by atoms with E-state index in [1.54, 1.807) is 6.07 Å². The van der Waals surface area contributed by atoms with Gasteiger partial charge >= 0.3 is 0 Å². The van der Waals surface area contributed by atoms with Crippen LogP contribution in [-0.2, 0) is 6.54 Å². The molecule has 0 fully saturated rings. The molecule has 5 heteroatoms. The number of hydrogen-bond donors (Lipinski definition) is 2. The van der Waals surface area contributed by atoms with Crippen LogP contribution >= 0.6 is 0 Å². The molecular weight excluding hydrogens is 218 g/mol. The number of nitrogens with two attached hydrogens (primary N) is 1. The van der Waals surface area contributed by atoms with Gasteiger partial charge in [0.15, 0.2) is 0 Å². The molecule has 1 aromatic carbocycles. The highest BCUT2D eigenvalue weighted by Gasteiger charge is 2.12. The molecule has 0 aliphatic heterocycles. The Bertz CT molecular complexity index is 520. The largest absolute Gasteiger partial charge is 0.394 e. The molecule has 1 heterocycles. The third-order valence-corrected chi connectivity index (χ3v) is 2.41. The van der Waals surface area contributed by atoms with Crippen molar-refractivity contribution in [2.75, 3.05) is 6.61 Å². The van der Waals surface area contributed by atoms with Crippen LogP contribution in [0.5, 0.6) is 0 Å². The second-order valence-corrected chi connectivity index (χ2v) is 3.59. The van der Waals surface area contributed by atoms with Crippen molar-refractivity contribution in [2.45, 2.75) is 6.54 Å². The molecule has 0 aliphatic carbocycles. The lowest BCUT2D eigenvalue weighted by Gasteiger charge is -2.00. The number of amides is 1. The van der Waals surface area contributed by atoms with Crippen LogP contribution in [0.3, 0.4) is 0 Å². The Balaban J connectivity index is 2.44. The van der Waals surface area contributed by atoms with Gasteiger partial charge in [0.25, 0.3) is 5.91 Å². The quantitative estimate of drug-likeness (QED) is 0.810. The van der Waals surface area contributed by atoms with Crippen molar-refractivity contribution in [2.24, 2.45) is 5.73 Å². The zero-order valence-electron chi connectivity index (χ0n) is 9.21. The van der Waals surface area contributed by atoms with Gasteiger partial charge in [0.2, 0.25) is 0 Å². The molecule has 0 unspecified atom stereocenters. The first-order valence-corrected chi connectivity index (χ1v) is 5.26. The van der Waals surface area contributed by atoms with Gasteiger partial charge in [0.1, 0.15) is 5.69 Å². The van der Waals surface area contributed by atoms with E-state index in [0.29, 0.717) is 11.4 Å². The fourth-order valence-corrected chi connectivity index (χ4v) is 1.63. The van der Waals surface area contributed by atoms with E-state index in [1.807, 2.05) is 30.3 Å². The lowest BCUT2D eigenvalue weighted by atomic mass is 10.1. The fraction of sp³-hybridized carbons (Fsp3) is 0.167. The number of carbonyl (C=O) groups excluding carboxylic acids is 1. The standard InChI is InChI=1S/C12H13N3O2/c13-12(17)11-8-10(14-15(11)6-7-16)9-4-2-1-3-5-9/h1-5,8,16H,6-7H2,(H2,13,17). The molecule has 3 N–H and O–H groups in total. The van der Waals surface area contributed by atoms with Crippen molar-refractivity contribution >= 4 is 5.91 Å². The van der Waals surface area contributed by atoms with Gasteiger partial charge < -0.3 is 10.8 Å². The minimum absolute atomic E-state index is 0.0871. The van der Waals surface area contributed by atoms with E-state index < -0.39 is 5.91 Å². The molecule has 2 rings (SSSR count). The molecule has 0 aliphatic rings. The van der Waals surface area contributed by atoms with Crippen molar-refractivity contribution in [1.29, 1.82) is 0 Å². The Labute approximate surface area is 98.5 Å². The van der Waals surface area contributed by atoms with Crippen LogP contribution < -0.4 is 5.73 Å². The summed E-state index contributed by atoms with van der Waals surface area (Å²) >= 11 is 0. The molecule has 2 aromatic rings. The average molecular weight is 231 g/mol. The lowest BCUT2D eigenvalue weighted by molar-refractivity contribution is 0.0988. The van der Waals surface area contributed by atoms with Gasteiger partial charge in [-0.25, -0.2) is 0 Å². The maximum absolute atomic E-state index is 11.2. The number of rotatable bonds is 4. The van der Waals surface area contributed by atoms with E-state index in [-0.39, 0.29) is 13.2 Å². The van der Waals surface area contributed by atoms with Crippen LogP contribution in [0, 0.1) is 0 Å². The Morgan fingerprint density at radius 3 is 2.65 bits per heavy atom. The van der Waals surface area contributed by atoms with Crippen LogP contribution in [0.25, 0.3) is 11.3 Å². The molecule has 1 aromatic heterocycles. The molecule has 0 saturated heterocycles. The summed E-state index contributed by atoms with van der Waals surface area (Å²) in [6, 6.07) is 11.1. The minimum Gasteiger partial charge on any atom is -0.394 e. The highest BCUT2D eigenvalue weighted by atomic mass is 16.3. The minimum atomic E-state index is -0.548. The van der Waals surface area contributed by atoms with E-state index >= 15 is 0 Å². The summed E-state index contributed by atoms with van der Waals surface area (Å²) in [5.74, 6) is -0.548. The molecule has 0 saturated carbocycles. The molecule has 88 valence electrons. The van der Waals surface area contributed by atoms with Crippen LogP contribution in [0.4, 0.5) is 0 Å². The normalized spacial score (nSPS) is 10.4. The summed E-state index contributed by atoms with van der Waals surface area (Å²) in [6.45, 7) is 0.168.